The predicted molar refractivity (Wildman–Crippen MR) is 134 cm³/mol. The van der Waals surface area contributed by atoms with E-state index in [9.17, 15) is 5.11 Å². The van der Waals surface area contributed by atoms with Crippen LogP contribution in [0.2, 0.25) is 0 Å². The molecule has 0 amide bonds. The van der Waals surface area contributed by atoms with Gasteiger partial charge in [-0.05, 0) is 46.9 Å². The molecular formula is C28H27O2P. The van der Waals surface area contributed by atoms with Gasteiger partial charge in [-0.25, -0.2) is 0 Å². The highest BCUT2D eigenvalue weighted by Crippen LogP contribution is 2.44. The van der Waals surface area contributed by atoms with E-state index >= 15 is 0 Å². The van der Waals surface area contributed by atoms with Crippen LogP contribution in [0.1, 0.15) is 18.1 Å². The Labute approximate surface area is 184 Å². The van der Waals surface area contributed by atoms with E-state index in [2.05, 4.69) is 96.8 Å². The van der Waals surface area contributed by atoms with E-state index in [1.54, 1.807) is 7.11 Å². The van der Waals surface area contributed by atoms with Crippen molar-refractivity contribution in [1.82, 2.24) is 0 Å². The molecule has 0 aliphatic rings. The average molecular weight is 426 g/mol. The molecule has 4 aromatic rings. The van der Waals surface area contributed by atoms with Crippen LogP contribution >= 0.6 is 6.89 Å². The largest absolute Gasteiger partial charge is 0.497 e. The Morgan fingerprint density at radius 2 is 1.10 bits per heavy atom. The lowest BCUT2D eigenvalue weighted by Gasteiger charge is -2.29. The van der Waals surface area contributed by atoms with Gasteiger partial charge in [0.1, 0.15) is 5.75 Å². The molecule has 0 aliphatic carbocycles. The van der Waals surface area contributed by atoms with Crippen LogP contribution in [0.5, 0.6) is 5.75 Å². The van der Waals surface area contributed by atoms with Crippen LogP contribution in [-0.2, 0) is 0 Å². The molecule has 1 atom stereocenters. The van der Waals surface area contributed by atoms with Crippen molar-refractivity contribution >= 4 is 28.6 Å². The number of hydrogen-bond donors (Lipinski definition) is 1. The topological polar surface area (TPSA) is 29.5 Å². The van der Waals surface area contributed by atoms with Crippen molar-refractivity contribution in [2.24, 2.45) is 0 Å². The Kier molecular flexibility index (Phi) is 6.72. The summed E-state index contributed by atoms with van der Waals surface area (Å²) in [6.45, 7) is -2.05. The maximum absolute atomic E-state index is 11.0. The standard InChI is InChI=1S/C28H27O2P/c1-30-24-19-17-23(18-20-24)28(29)21-22-31(25-11-5-2-6-12-25,26-13-7-3-8-14-26)27-15-9-4-10-16-27/h2-20,22,28-29H,21H2,1H3. The molecule has 3 heteroatoms. The zero-order valence-corrected chi connectivity index (χ0v) is 18.5. The molecule has 0 saturated carbocycles. The van der Waals surface area contributed by atoms with Gasteiger partial charge in [-0.15, -0.1) is 0 Å². The third kappa shape index (κ3) is 4.51. The normalized spacial score (nSPS) is 12.2. The molecule has 2 nitrogen and oxygen atoms in total. The van der Waals surface area contributed by atoms with Crippen LogP contribution in [0.3, 0.4) is 0 Å². The molecule has 0 fully saturated rings. The summed E-state index contributed by atoms with van der Waals surface area (Å²) in [4.78, 5) is 0. The maximum Gasteiger partial charge on any atom is 0.118 e. The first-order valence-electron chi connectivity index (χ1n) is 10.5. The van der Waals surface area contributed by atoms with Gasteiger partial charge in [0.05, 0.1) is 13.2 Å². The second kappa shape index (κ2) is 9.83. The van der Waals surface area contributed by atoms with E-state index < -0.39 is 13.0 Å². The van der Waals surface area contributed by atoms with Crippen LogP contribution in [-0.4, -0.2) is 18.0 Å². The Bertz CT molecular complexity index is 1030. The van der Waals surface area contributed by atoms with Crippen molar-refractivity contribution < 1.29 is 9.84 Å². The number of hydrogen-bond acceptors (Lipinski definition) is 2. The van der Waals surface area contributed by atoms with E-state index in [4.69, 9.17) is 4.74 Å². The molecule has 156 valence electrons. The summed E-state index contributed by atoms with van der Waals surface area (Å²) in [7, 11) is 1.65. The minimum absolute atomic E-state index is 0.554. The fourth-order valence-corrected chi connectivity index (χ4v) is 7.94. The number of methoxy groups -OCH3 is 1. The number of rotatable bonds is 7. The molecule has 4 aromatic carbocycles. The molecule has 31 heavy (non-hydrogen) atoms. The third-order valence-corrected chi connectivity index (χ3v) is 9.69. The molecule has 0 bridgehead atoms. The van der Waals surface area contributed by atoms with E-state index in [1.807, 2.05) is 24.3 Å². The summed E-state index contributed by atoms with van der Waals surface area (Å²) in [6, 6.07) is 39.7. The van der Waals surface area contributed by atoms with Gasteiger partial charge in [0.2, 0.25) is 0 Å². The Balaban J connectivity index is 1.87. The molecule has 0 saturated heterocycles. The summed E-state index contributed by atoms with van der Waals surface area (Å²) in [5.74, 6) is 3.15. The molecular weight excluding hydrogens is 399 g/mol. The van der Waals surface area contributed by atoms with Gasteiger partial charge in [0.25, 0.3) is 0 Å². The second-order valence-corrected chi connectivity index (χ2v) is 10.8. The minimum atomic E-state index is -2.05. The van der Waals surface area contributed by atoms with Gasteiger partial charge in [-0.3, -0.25) is 0 Å². The lowest BCUT2D eigenvalue weighted by molar-refractivity contribution is 0.188. The van der Waals surface area contributed by atoms with E-state index in [-0.39, 0.29) is 0 Å². The van der Waals surface area contributed by atoms with Crippen molar-refractivity contribution in [2.45, 2.75) is 12.5 Å². The van der Waals surface area contributed by atoms with Crippen molar-refractivity contribution in [3.63, 3.8) is 0 Å². The molecule has 0 spiro atoms. The van der Waals surface area contributed by atoms with Crippen molar-refractivity contribution in [1.29, 1.82) is 0 Å². The van der Waals surface area contributed by atoms with Gasteiger partial charge in [-0.1, -0.05) is 109 Å². The van der Waals surface area contributed by atoms with Gasteiger partial charge < -0.3 is 9.84 Å². The molecule has 0 aliphatic heterocycles. The summed E-state index contributed by atoms with van der Waals surface area (Å²) < 4.78 is 5.25. The lowest BCUT2D eigenvalue weighted by atomic mass is 10.1. The number of aliphatic hydroxyl groups excluding tert-OH is 1. The highest BCUT2D eigenvalue weighted by molar-refractivity contribution is 7.94. The fourth-order valence-electron chi connectivity index (χ4n) is 3.97. The highest BCUT2D eigenvalue weighted by atomic mass is 31.2. The Morgan fingerprint density at radius 3 is 1.48 bits per heavy atom. The van der Waals surface area contributed by atoms with Crippen molar-refractivity contribution in [2.75, 3.05) is 7.11 Å². The summed E-state index contributed by atoms with van der Waals surface area (Å²) in [5, 5.41) is 14.9. The number of benzene rings is 4. The van der Waals surface area contributed by atoms with Gasteiger partial charge >= 0.3 is 0 Å². The lowest BCUT2D eigenvalue weighted by Crippen LogP contribution is -2.27. The first-order chi connectivity index (χ1) is 15.2. The Morgan fingerprint density at radius 1 is 0.677 bits per heavy atom. The monoisotopic (exact) mass is 426 g/mol. The first-order valence-corrected chi connectivity index (χ1v) is 12.3. The minimum Gasteiger partial charge on any atom is -0.497 e. The first kappa shape index (κ1) is 21.2. The smallest absolute Gasteiger partial charge is 0.118 e. The highest BCUT2D eigenvalue weighted by Gasteiger charge is 2.25. The van der Waals surface area contributed by atoms with Crippen LogP contribution in [0, 0.1) is 0 Å². The van der Waals surface area contributed by atoms with Crippen molar-refractivity contribution in [3.05, 3.63) is 121 Å². The zero-order chi connectivity index (χ0) is 21.5. The molecule has 4 rings (SSSR count). The molecule has 1 N–H and O–H groups in total. The van der Waals surface area contributed by atoms with Gasteiger partial charge in [0, 0.05) is 0 Å². The van der Waals surface area contributed by atoms with E-state index in [0.717, 1.165) is 11.3 Å². The number of aliphatic hydroxyl groups is 1. The molecule has 0 aromatic heterocycles. The molecule has 0 heterocycles. The maximum atomic E-state index is 11.0. The fraction of sp³-hybridized carbons (Fsp3) is 0.107. The number of ether oxygens (including phenoxy) is 1. The summed E-state index contributed by atoms with van der Waals surface area (Å²) >= 11 is 0. The third-order valence-electron chi connectivity index (χ3n) is 5.59. The second-order valence-electron chi connectivity index (χ2n) is 7.44. The predicted octanol–water partition coefficient (Wildman–Crippen LogP) is 4.92. The van der Waals surface area contributed by atoms with Crippen LogP contribution in [0.4, 0.5) is 0 Å². The summed E-state index contributed by atoms with van der Waals surface area (Å²) in [5.41, 5.74) is 0.893. The average Bonchev–Trinajstić information content (AvgIpc) is 2.86. The van der Waals surface area contributed by atoms with Crippen LogP contribution in [0.25, 0.3) is 0 Å². The van der Waals surface area contributed by atoms with Gasteiger partial charge in [0.15, 0.2) is 0 Å². The van der Waals surface area contributed by atoms with Crippen LogP contribution in [0.15, 0.2) is 115 Å². The molecule has 0 radical (unpaired) electrons. The molecule has 1 unspecified atom stereocenters. The van der Waals surface area contributed by atoms with Crippen LogP contribution < -0.4 is 20.7 Å². The summed E-state index contributed by atoms with van der Waals surface area (Å²) in [6.07, 6.45) is -0.0277. The van der Waals surface area contributed by atoms with Gasteiger partial charge in [-0.2, -0.15) is 0 Å². The van der Waals surface area contributed by atoms with E-state index in [0.29, 0.717) is 6.42 Å². The quantitative estimate of drug-likeness (QED) is 0.425. The zero-order valence-electron chi connectivity index (χ0n) is 17.6. The Hall–Kier alpha value is -3.06. The SMILES string of the molecule is COc1ccc(C(O)CC=P(c2ccccc2)(c2ccccc2)c2ccccc2)cc1. The van der Waals surface area contributed by atoms with Crippen molar-refractivity contribution in [3.8, 4) is 5.75 Å². The van der Waals surface area contributed by atoms with E-state index in [1.165, 1.54) is 15.9 Å².